The van der Waals surface area contributed by atoms with E-state index in [1.807, 2.05) is 18.2 Å². The van der Waals surface area contributed by atoms with Crippen molar-refractivity contribution in [2.24, 2.45) is 5.73 Å². The summed E-state index contributed by atoms with van der Waals surface area (Å²) in [5.41, 5.74) is 8.00. The largest absolute Gasteiger partial charge is 0.493 e. The number of nitrogens with zero attached hydrogens (tertiary/aromatic N) is 1. The van der Waals surface area contributed by atoms with E-state index in [2.05, 4.69) is 10.3 Å². The summed E-state index contributed by atoms with van der Waals surface area (Å²) in [5.74, 6) is 1.30. The molecule has 20 heavy (non-hydrogen) atoms. The SMILES string of the molecule is COc1ccc(Nc2cnccc2C(N)=S)cc1OC. The quantitative estimate of drug-likeness (QED) is 0.824. The van der Waals surface area contributed by atoms with Crippen molar-refractivity contribution in [2.75, 3.05) is 19.5 Å². The zero-order valence-corrected chi connectivity index (χ0v) is 12.0. The number of nitrogens with two attached hydrogens (primary N) is 1. The van der Waals surface area contributed by atoms with E-state index in [0.717, 1.165) is 16.9 Å². The molecular weight excluding hydrogens is 274 g/mol. The van der Waals surface area contributed by atoms with Gasteiger partial charge in [-0.2, -0.15) is 0 Å². The third-order valence-corrected chi connectivity index (χ3v) is 2.97. The van der Waals surface area contributed by atoms with Crippen LogP contribution >= 0.6 is 12.2 Å². The molecule has 0 aliphatic rings. The molecule has 0 aliphatic heterocycles. The smallest absolute Gasteiger partial charge is 0.162 e. The van der Waals surface area contributed by atoms with Gasteiger partial charge in [-0.05, 0) is 18.2 Å². The fourth-order valence-corrected chi connectivity index (χ4v) is 1.96. The monoisotopic (exact) mass is 289 g/mol. The zero-order chi connectivity index (χ0) is 14.5. The summed E-state index contributed by atoms with van der Waals surface area (Å²) in [4.78, 5) is 4.38. The van der Waals surface area contributed by atoms with Crippen molar-refractivity contribution in [1.82, 2.24) is 4.98 Å². The van der Waals surface area contributed by atoms with Gasteiger partial charge in [0.05, 0.1) is 26.1 Å². The van der Waals surface area contributed by atoms with Gasteiger partial charge in [0, 0.05) is 23.5 Å². The molecule has 0 unspecified atom stereocenters. The highest BCUT2D eigenvalue weighted by molar-refractivity contribution is 7.80. The average molecular weight is 289 g/mol. The second kappa shape index (κ2) is 6.21. The average Bonchev–Trinajstić information content (AvgIpc) is 2.47. The summed E-state index contributed by atoms with van der Waals surface area (Å²) in [6.07, 6.45) is 3.32. The van der Waals surface area contributed by atoms with E-state index in [0.29, 0.717) is 16.5 Å². The Morgan fingerprint density at radius 1 is 1.20 bits per heavy atom. The summed E-state index contributed by atoms with van der Waals surface area (Å²) in [6.45, 7) is 0. The lowest BCUT2D eigenvalue weighted by atomic mass is 10.2. The molecule has 3 N–H and O–H groups in total. The molecule has 0 spiro atoms. The predicted octanol–water partition coefficient (Wildman–Crippen LogP) is 2.48. The number of rotatable bonds is 5. The molecule has 0 saturated heterocycles. The Morgan fingerprint density at radius 3 is 2.60 bits per heavy atom. The van der Waals surface area contributed by atoms with E-state index < -0.39 is 0 Å². The molecule has 1 aromatic carbocycles. The number of methoxy groups -OCH3 is 2. The van der Waals surface area contributed by atoms with Gasteiger partial charge in [0.15, 0.2) is 11.5 Å². The molecule has 1 heterocycles. The standard InChI is InChI=1S/C14H15N3O2S/c1-18-12-4-3-9(7-13(12)19-2)17-11-8-16-6-5-10(11)14(15)20/h3-8,17H,1-2H3,(H2,15,20). The fourth-order valence-electron chi connectivity index (χ4n) is 1.78. The number of pyridine rings is 1. The molecule has 1 aromatic heterocycles. The summed E-state index contributed by atoms with van der Waals surface area (Å²) >= 11 is 5.02. The van der Waals surface area contributed by atoms with Gasteiger partial charge < -0.3 is 20.5 Å². The van der Waals surface area contributed by atoms with E-state index in [-0.39, 0.29) is 0 Å². The number of hydrogen-bond donors (Lipinski definition) is 2. The topological polar surface area (TPSA) is 69.4 Å². The third kappa shape index (κ3) is 2.97. The van der Waals surface area contributed by atoms with Crippen molar-refractivity contribution in [1.29, 1.82) is 0 Å². The Kier molecular flexibility index (Phi) is 4.37. The minimum absolute atomic E-state index is 0.315. The predicted molar refractivity (Wildman–Crippen MR) is 83.0 cm³/mol. The van der Waals surface area contributed by atoms with Crippen molar-refractivity contribution < 1.29 is 9.47 Å². The highest BCUT2D eigenvalue weighted by atomic mass is 32.1. The van der Waals surface area contributed by atoms with Crippen LogP contribution < -0.4 is 20.5 Å². The van der Waals surface area contributed by atoms with Crippen LogP contribution in [0.3, 0.4) is 0 Å². The van der Waals surface area contributed by atoms with E-state index in [4.69, 9.17) is 27.4 Å². The van der Waals surface area contributed by atoms with E-state index in [9.17, 15) is 0 Å². The van der Waals surface area contributed by atoms with Crippen molar-refractivity contribution in [3.8, 4) is 11.5 Å². The number of benzene rings is 1. The molecule has 104 valence electrons. The second-order valence-corrected chi connectivity index (χ2v) is 4.42. The summed E-state index contributed by atoms with van der Waals surface area (Å²) < 4.78 is 10.5. The first-order valence-electron chi connectivity index (χ1n) is 5.88. The van der Waals surface area contributed by atoms with Gasteiger partial charge in [-0.15, -0.1) is 0 Å². The summed E-state index contributed by atoms with van der Waals surface area (Å²) in [5, 5.41) is 3.21. The highest BCUT2D eigenvalue weighted by Gasteiger charge is 2.08. The maximum Gasteiger partial charge on any atom is 0.162 e. The normalized spacial score (nSPS) is 9.90. The van der Waals surface area contributed by atoms with Crippen LogP contribution in [0.4, 0.5) is 11.4 Å². The minimum atomic E-state index is 0.315. The molecule has 2 rings (SSSR count). The first-order valence-corrected chi connectivity index (χ1v) is 6.29. The van der Waals surface area contributed by atoms with Crippen LogP contribution in [-0.2, 0) is 0 Å². The van der Waals surface area contributed by atoms with Gasteiger partial charge in [-0.25, -0.2) is 0 Å². The van der Waals surface area contributed by atoms with Gasteiger partial charge in [0.1, 0.15) is 4.99 Å². The Morgan fingerprint density at radius 2 is 1.95 bits per heavy atom. The minimum Gasteiger partial charge on any atom is -0.493 e. The van der Waals surface area contributed by atoms with Gasteiger partial charge in [0.2, 0.25) is 0 Å². The van der Waals surface area contributed by atoms with Crippen LogP contribution in [0.2, 0.25) is 0 Å². The van der Waals surface area contributed by atoms with Crippen LogP contribution in [0.25, 0.3) is 0 Å². The Bertz CT molecular complexity index is 632. The summed E-state index contributed by atoms with van der Waals surface area (Å²) in [7, 11) is 3.18. The fraction of sp³-hybridized carbons (Fsp3) is 0.143. The van der Waals surface area contributed by atoms with Crippen LogP contribution in [0, 0.1) is 0 Å². The lowest BCUT2D eigenvalue weighted by Crippen LogP contribution is -2.12. The van der Waals surface area contributed by atoms with Crippen LogP contribution in [0.5, 0.6) is 11.5 Å². The molecule has 0 atom stereocenters. The Hall–Kier alpha value is -2.34. The van der Waals surface area contributed by atoms with Crippen molar-refractivity contribution >= 4 is 28.6 Å². The molecule has 0 saturated carbocycles. The first kappa shape index (κ1) is 14.1. The number of anilines is 2. The maximum atomic E-state index is 5.69. The van der Waals surface area contributed by atoms with Gasteiger partial charge in [0.25, 0.3) is 0 Å². The number of nitrogens with one attached hydrogen (secondary N) is 1. The number of hydrogen-bond acceptors (Lipinski definition) is 5. The summed E-state index contributed by atoms with van der Waals surface area (Å²) in [6, 6.07) is 7.29. The van der Waals surface area contributed by atoms with Crippen LogP contribution in [0.15, 0.2) is 36.7 Å². The van der Waals surface area contributed by atoms with Crippen LogP contribution in [0.1, 0.15) is 5.56 Å². The molecule has 6 heteroatoms. The molecule has 0 bridgehead atoms. The zero-order valence-electron chi connectivity index (χ0n) is 11.2. The van der Waals surface area contributed by atoms with E-state index in [1.54, 1.807) is 32.7 Å². The van der Waals surface area contributed by atoms with Gasteiger partial charge in [-0.1, -0.05) is 12.2 Å². The number of aromatic nitrogens is 1. The number of thiocarbonyl (C=S) groups is 1. The van der Waals surface area contributed by atoms with Crippen LogP contribution in [-0.4, -0.2) is 24.2 Å². The molecule has 0 amide bonds. The molecule has 5 nitrogen and oxygen atoms in total. The van der Waals surface area contributed by atoms with E-state index in [1.165, 1.54) is 0 Å². The Labute approximate surface area is 122 Å². The lowest BCUT2D eigenvalue weighted by molar-refractivity contribution is 0.355. The second-order valence-electron chi connectivity index (χ2n) is 3.98. The van der Waals surface area contributed by atoms with Crippen molar-refractivity contribution in [2.45, 2.75) is 0 Å². The van der Waals surface area contributed by atoms with Gasteiger partial charge >= 0.3 is 0 Å². The first-order chi connectivity index (χ1) is 9.65. The lowest BCUT2D eigenvalue weighted by Gasteiger charge is -2.13. The maximum absolute atomic E-state index is 5.69. The third-order valence-electron chi connectivity index (χ3n) is 2.75. The van der Waals surface area contributed by atoms with Crippen molar-refractivity contribution in [3.05, 3.63) is 42.2 Å². The molecule has 0 aliphatic carbocycles. The molecular formula is C14H15N3O2S. The van der Waals surface area contributed by atoms with Gasteiger partial charge in [-0.3, -0.25) is 4.98 Å². The molecule has 2 aromatic rings. The Balaban J connectivity index is 2.33. The molecule has 0 radical (unpaired) electrons. The molecule has 0 fully saturated rings. The van der Waals surface area contributed by atoms with Crippen molar-refractivity contribution in [3.63, 3.8) is 0 Å². The van der Waals surface area contributed by atoms with E-state index >= 15 is 0 Å². The highest BCUT2D eigenvalue weighted by Crippen LogP contribution is 2.31. The number of ether oxygens (including phenoxy) is 2.